The molecule has 0 bridgehead atoms. The van der Waals surface area contributed by atoms with E-state index in [1.54, 1.807) is 24.3 Å². The molecule has 7 heteroatoms. The van der Waals surface area contributed by atoms with Gasteiger partial charge >= 0.3 is 0 Å². The molecule has 0 fully saturated rings. The van der Waals surface area contributed by atoms with Crippen LogP contribution in [-0.2, 0) is 4.79 Å². The molecule has 2 amide bonds. The summed E-state index contributed by atoms with van der Waals surface area (Å²) in [6.45, 7) is 5.77. The van der Waals surface area contributed by atoms with Crippen molar-refractivity contribution in [3.8, 4) is 5.75 Å². The number of nitrogens with one attached hydrogen (secondary N) is 2. The van der Waals surface area contributed by atoms with E-state index >= 15 is 0 Å². The van der Waals surface area contributed by atoms with Crippen LogP contribution in [0.15, 0.2) is 53.0 Å². The van der Waals surface area contributed by atoms with E-state index in [9.17, 15) is 9.59 Å². The lowest BCUT2D eigenvalue weighted by Gasteiger charge is -2.21. The van der Waals surface area contributed by atoms with Gasteiger partial charge in [-0.25, -0.2) is 0 Å². The molecule has 0 saturated carbocycles. The first-order valence-corrected chi connectivity index (χ1v) is 9.15. The van der Waals surface area contributed by atoms with Crippen molar-refractivity contribution in [1.29, 1.82) is 0 Å². The molecule has 0 saturated heterocycles. The van der Waals surface area contributed by atoms with Crippen LogP contribution in [0.5, 0.6) is 5.75 Å². The second-order valence-electron chi connectivity index (χ2n) is 5.46. The molecule has 0 spiro atoms. The third-order valence-corrected chi connectivity index (χ3v) is 4.29. The highest BCUT2D eigenvalue weighted by molar-refractivity contribution is 9.10. The summed E-state index contributed by atoms with van der Waals surface area (Å²) in [4.78, 5) is 26.1. The van der Waals surface area contributed by atoms with E-state index in [4.69, 9.17) is 4.74 Å². The monoisotopic (exact) mass is 419 g/mol. The van der Waals surface area contributed by atoms with Gasteiger partial charge in [-0.2, -0.15) is 0 Å². The Morgan fingerprint density at radius 2 is 1.58 bits per heavy atom. The third kappa shape index (κ3) is 5.77. The van der Waals surface area contributed by atoms with Crippen molar-refractivity contribution in [2.75, 3.05) is 24.6 Å². The lowest BCUT2D eigenvalue weighted by molar-refractivity contribution is -0.123. The zero-order valence-corrected chi connectivity index (χ0v) is 16.4. The summed E-state index contributed by atoms with van der Waals surface area (Å²) in [7, 11) is 0. The maximum atomic E-state index is 12.1. The summed E-state index contributed by atoms with van der Waals surface area (Å²) in [5.41, 5.74) is 6.24. The molecule has 2 aromatic rings. The van der Waals surface area contributed by atoms with E-state index in [-0.39, 0.29) is 12.5 Å². The van der Waals surface area contributed by atoms with Crippen LogP contribution < -0.4 is 20.5 Å². The number of hydrogen-bond acceptors (Lipinski definition) is 4. The average molecular weight is 420 g/mol. The fraction of sp³-hybridized carbons (Fsp3) is 0.263. The first kappa shape index (κ1) is 19.8. The first-order valence-electron chi connectivity index (χ1n) is 8.36. The molecule has 0 aliphatic rings. The molecule has 6 nitrogen and oxygen atoms in total. The largest absolute Gasteiger partial charge is 0.484 e. The second-order valence-corrected chi connectivity index (χ2v) is 6.38. The second kappa shape index (κ2) is 9.82. The van der Waals surface area contributed by atoms with E-state index < -0.39 is 5.91 Å². The Morgan fingerprint density at radius 1 is 0.962 bits per heavy atom. The van der Waals surface area contributed by atoms with Crippen molar-refractivity contribution >= 4 is 33.4 Å². The molecule has 0 aromatic heterocycles. The van der Waals surface area contributed by atoms with Crippen LogP contribution in [0.1, 0.15) is 24.2 Å². The standard InChI is InChI=1S/C19H22BrN3O3/c1-3-23(4-2)16-9-5-14(6-10-16)19(25)22-21-18(24)13-26-17-11-7-15(20)8-12-17/h5-12H,3-4,13H2,1-2H3,(H,21,24)(H,22,25). The van der Waals surface area contributed by atoms with Gasteiger partial charge in [0.15, 0.2) is 6.61 Å². The summed E-state index contributed by atoms with van der Waals surface area (Å²) in [6.07, 6.45) is 0. The Bertz CT molecular complexity index is 729. The molecule has 138 valence electrons. The molecule has 0 aliphatic heterocycles. The highest BCUT2D eigenvalue weighted by Gasteiger charge is 2.09. The molecule has 2 N–H and O–H groups in total. The summed E-state index contributed by atoms with van der Waals surface area (Å²) in [5.74, 6) is -0.254. The van der Waals surface area contributed by atoms with E-state index in [0.29, 0.717) is 11.3 Å². The summed E-state index contributed by atoms with van der Waals surface area (Å²) >= 11 is 3.32. The SMILES string of the molecule is CCN(CC)c1ccc(C(=O)NNC(=O)COc2ccc(Br)cc2)cc1. The van der Waals surface area contributed by atoms with Crippen molar-refractivity contribution in [2.24, 2.45) is 0 Å². The fourth-order valence-electron chi connectivity index (χ4n) is 2.33. The Kier molecular flexibility index (Phi) is 7.47. The van der Waals surface area contributed by atoms with Crippen LogP contribution in [-0.4, -0.2) is 31.5 Å². The Morgan fingerprint density at radius 3 is 2.15 bits per heavy atom. The first-order chi connectivity index (χ1) is 12.5. The van der Waals surface area contributed by atoms with Crippen LogP contribution in [0.3, 0.4) is 0 Å². The van der Waals surface area contributed by atoms with E-state index in [1.807, 2.05) is 24.3 Å². The number of hydrazine groups is 1. The Hall–Kier alpha value is -2.54. The van der Waals surface area contributed by atoms with E-state index in [0.717, 1.165) is 23.2 Å². The topological polar surface area (TPSA) is 70.7 Å². The minimum atomic E-state index is -0.443. The van der Waals surface area contributed by atoms with Crippen LogP contribution in [0.2, 0.25) is 0 Å². The number of carbonyl (C=O) groups excluding carboxylic acids is 2. The van der Waals surface area contributed by atoms with Gasteiger partial charge in [0.2, 0.25) is 0 Å². The van der Waals surface area contributed by atoms with Crippen molar-refractivity contribution in [3.63, 3.8) is 0 Å². The van der Waals surface area contributed by atoms with Gasteiger partial charge in [0.05, 0.1) is 0 Å². The average Bonchev–Trinajstić information content (AvgIpc) is 2.67. The lowest BCUT2D eigenvalue weighted by Crippen LogP contribution is -2.43. The van der Waals surface area contributed by atoms with Gasteiger partial charge in [-0.3, -0.25) is 20.4 Å². The molecular formula is C19H22BrN3O3. The number of hydrogen-bond donors (Lipinski definition) is 2. The van der Waals surface area contributed by atoms with Crippen molar-refractivity contribution in [2.45, 2.75) is 13.8 Å². The maximum Gasteiger partial charge on any atom is 0.276 e. The van der Waals surface area contributed by atoms with Gasteiger partial charge in [-0.05, 0) is 62.4 Å². The maximum absolute atomic E-state index is 12.1. The molecule has 0 aliphatic carbocycles. The number of amides is 2. The molecule has 0 unspecified atom stereocenters. The predicted octanol–water partition coefficient (Wildman–Crippen LogP) is 3.14. The van der Waals surface area contributed by atoms with Gasteiger partial charge in [-0.1, -0.05) is 15.9 Å². The normalized spacial score (nSPS) is 10.1. The number of carbonyl (C=O) groups is 2. The van der Waals surface area contributed by atoms with Crippen LogP contribution >= 0.6 is 15.9 Å². The fourth-order valence-corrected chi connectivity index (χ4v) is 2.59. The van der Waals surface area contributed by atoms with E-state index in [1.165, 1.54) is 0 Å². The van der Waals surface area contributed by atoms with Crippen molar-refractivity contribution in [3.05, 3.63) is 58.6 Å². The summed E-state index contributed by atoms with van der Waals surface area (Å²) in [5, 5.41) is 0. The number of anilines is 1. The highest BCUT2D eigenvalue weighted by atomic mass is 79.9. The highest BCUT2D eigenvalue weighted by Crippen LogP contribution is 2.16. The Labute approximate surface area is 161 Å². The number of halogens is 1. The number of rotatable bonds is 7. The van der Waals surface area contributed by atoms with Crippen molar-refractivity contribution < 1.29 is 14.3 Å². The quantitative estimate of drug-likeness (QED) is 0.676. The zero-order valence-electron chi connectivity index (χ0n) is 14.8. The number of ether oxygens (including phenoxy) is 1. The van der Waals surface area contributed by atoms with Crippen molar-refractivity contribution in [1.82, 2.24) is 10.9 Å². The van der Waals surface area contributed by atoms with Gasteiger partial charge in [-0.15, -0.1) is 0 Å². The van der Waals surface area contributed by atoms with Crippen LogP contribution in [0.4, 0.5) is 5.69 Å². The molecule has 26 heavy (non-hydrogen) atoms. The van der Waals surface area contributed by atoms with Gasteiger partial charge in [0.25, 0.3) is 11.8 Å². The lowest BCUT2D eigenvalue weighted by atomic mass is 10.2. The minimum absolute atomic E-state index is 0.192. The zero-order chi connectivity index (χ0) is 18.9. The van der Waals surface area contributed by atoms with Gasteiger partial charge in [0, 0.05) is 28.8 Å². The molecule has 0 heterocycles. The smallest absolute Gasteiger partial charge is 0.276 e. The van der Waals surface area contributed by atoms with E-state index in [2.05, 4.69) is 45.5 Å². The van der Waals surface area contributed by atoms with Gasteiger partial charge < -0.3 is 9.64 Å². The molecule has 0 radical (unpaired) electrons. The number of nitrogens with zero attached hydrogens (tertiary/aromatic N) is 1. The number of benzene rings is 2. The van der Waals surface area contributed by atoms with Crippen LogP contribution in [0, 0.1) is 0 Å². The molecule has 2 aromatic carbocycles. The summed E-state index contributed by atoms with van der Waals surface area (Å²) < 4.78 is 6.26. The minimum Gasteiger partial charge on any atom is -0.484 e. The van der Waals surface area contributed by atoms with Gasteiger partial charge in [0.1, 0.15) is 5.75 Å². The van der Waals surface area contributed by atoms with Crippen LogP contribution in [0.25, 0.3) is 0 Å². The summed E-state index contributed by atoms with van der Waals surface area (Å²) in [6, 6.07) is 14.4. The molecule has 2 rings (SSSR count). The predicted molar refractivity (Wildman–Crippen MR) is 105 cm³/mol. The molecular weight excluding hydrogens is 398 g/mol. The third-order valence-electron chi connectivity index (χ3n) is 3.76. The Balaban J connectivity index is 1.80. The molecule has 0 atom stereocenters.